The Kier molecular flexibility index (Phi) is 17.4. The molecule has 0 aromatic heterocycles. The van der Waals surface area contributed by atoms with Crippen LogP contribution >= 0.6 is 11.8 Å². The van der Waals surface area contributed by atoms with E-state index in [-0.39, 0.29) is 61.8 Å². The molecule has 50 heavy (non-hydrogen) atoms. The van der Waals surface area contributed by atoms with E-state index >= 15 is 0 Å². The van der Waals surface area contributed by atoms with E-state index < -0.39 is 40.6 Å². The van der Waals surface area contributed by atoms with Crippen molar-refractivity contribution in [3.8, 4) is 0 Å². The van der Waals surface area contributed by atoms with E-state index in [9.17, 15) is 33.6 Å². The molecule has 8 N–H and O–H groups in total. The summed E-state index contributed by atoms with van der Waals surface area (Å²) >= 11 is 1.38. The minimum Gasteiger partial charge on any atom is -0.352 e. The zero-order chi connectivity index (χ0) is 37.4. The van der Waals surface area contributed by atoms with Gasteiger partial charge in [-0.25, -0.2) is 4.79 Å². The molecule has 7 amide bonds. The van der Waals surface area contributed by atoms with E-state index in [1.165, 1.54) is 16.7 Å². The Labute approximate surface area is 299 Å². The number of hydrogen-bond donors (Lipinski definition) is 6. The molecule has 1 heterocycles. The molecular weight excluding hydrogens is 662 g/mol. The van der Waals surface area contributed by atoms with Crippen molar-refractivity contribution in [1.29, 1.82) is 0 Å². The molecule has 1 aliphatic heterocycles. The number of nitrogens with two attached hydrogens (primary N) is 2. The summed E-state index contributed by atoms with van der Waals surface area (Å²) in [6.45, 7) is 10.1. The lowest BCUT2D eigenvalue weighted by Crippen LogP contribution is -2.54. The molecule has 1 fully saturated rings. The number of nitrogens with zero attached hydrogens (tertiary/aromatic N) is 1. The van der Waals surface area contributed by atoms with Gasteiger partial charge in [-0.1, -0.05) is 46.8 Å². The molecule has 0 spiro atoms. The molecule has 0 saturated carbocycles. The number of thioether (sulfide) groups is 1. The smallest absolute Gasteiger partial charge is 0.312 e. The Morgan fingerprint density at radius 1 is 0.960 bits per heavy atom. The second kappa shape index (κ2) is 20.6. The number of ketones is 1. The molecule has 0 bridgehead atoms. The number of primary amides is 1. The highest BCUT2D eigenvalue weighted by molar-refractivity contribution is 8.00. The van der Waals surface area contributed by atoms with Crippen LogP contribution < -0.4 is 32.7 Å². The number of benzene rings is 1. The van der Waals surface area contributed by atoms with Gasteiger partial charge in [-0.15, -0.1) is 11.8 Å². The Morgan fingerprint density at radius 2 is 1.64 bits per heavy atom. The molecule has 1 saturated heterocycles. The van der Waals surface area contributed by atoms with Crippen LogP contribution in [0.4, 0.5) is 10.5 Å². The lowest BCUT2D eigenvalue weighted by Gasteiger charge is -2.25. The number of likely N-dealkylation sites (tertiary alicyclic amines) is 1. The van der Waals surface area contributed by atoms with E-state index in [1.807, 2.05) is 32.9 Å². The number of carbonyl (C=O) groups is 7. The maximum atomic E-state index is 13.4. The third-order valence-electron chi connectivity index (χ3n) is 8.24. The topological polar surface area (TPSA) is 223 Å². The van der Waals surface area contributed by atoms with E-state index in [0.29, 0.717) is 50.1 Å². The second-order valence-corrected chi connectivity index (χ2v) is 15.1. The molecule has 278 valence electrons. The van der Waals surface area contributed by atoms with Crippen molar-refractivity contribution in [2.24, 2.45) is 22.8 Å². The van der Waals surface area contributed by atoms with E-state index in [1.54, 1.807) is 26.0 Å². The maximum Gasteiger partial charge on any atom is 0.312 e. The number of rotatable bonds is 21. The largest absolute Gasteiger partial charge is 0.352 e. The van der Waals surface area contributed by atoms with Crippen LogP contribution in [0, 0.1) is 11.3 Å². The van der Waals surface area contributed by atoms with Crippen molar-refractivity contribution in [3.63, 3.8) is 0 Å². The van der Waals surface area contributed by atoms with Gasteiger partial charge in [0.05, 0.1) is 5.25 Å². The Hall–Kier alpha value is -3.98. The predicted molar refractivity (Wildman–Crippen MR) is 194 cm³/mol. The fourth-order valence-corrected chi connectivity index (χ4v) is 6.18. The average Bonchev–Trinajstić information content (AvgIpc) is 3.31. The summed E-state index contributed by atoms with van der Waals surface area (Å²) in [4.78, 5) is 89.2. The van der Waals surface area contributed by atoms with Crippen molar-refractivity contribution >= 4 is 58.8 Å². The fraction of sp³-hybridized carbons (Fsp3) is 0.629. The van der Waals surface area contributed by atoms with Gasteiger partial charge in [-0.3, -0.25) is 33.7 Å². The highest BCUT2D eigenvalue weighted by Crippen LogP contribution is 2.25. The van der Waals surface area contributed by atoms with Gasteiger partial charge in [-0.2, -0.15) is 0 Å². The zero-order valence-corrected chi connectivity index (χ0v) is 30.8. The maximum absolute atomic E-state index is 13.4. The number of aryl methyl sites for hydroxylation is 1. The lowest BCUT2D eigenvalue weighted by molar-refractivity contribution is -0.138. The van der Waals surface area contributed by atoms with Crippen LogP contribution in [-0.4, -0.2) is 89.0 Å². The van der Waals surface area contributed by atoms with Gasteiger partial charge in [0.1, 0.15) is 17.9 Å². The first kappa shape index (κ1) is 42.2. The lowest BCUT2D eigenvalue weighted by atomic mass is 9.87. The standard InChI is InChI=1S/C35H55N7O7S/c1-22(2)30(41-28(44)10-6-7-19-42-29(45)21-26(33(42)48)50-20-17-36)32(47)40-25(9-8-18-38-34(37)49)31(46)39-24-14-11-23(12-15-24)13-16-27(43)35(3,4)5/h11-12,14-15,22,25-26,30H,6-10,13,16-21,36H2,1-5H3,(H,39,46)(H,40,47)(H,41,44)(H3,37,38,49)/t25-,26?,30-/m0/s1. The van der Waals surface area contributed by atoms with Crippen molar-refractivity contribution in [3.05, 3.63) is 29.8 Å². The highest BCUT2D eigenvalue weighted by atomic mass is 32.2. The van der Waals surface area contributed by atoms with E-state index in [2.05, 4.69) is 21.3 Å². The molecule has 0 radical (unpaired) electrons. The first-order valence-corrected chi connectivity index (χ1v) is 18.3. The van der Waals surface area contributed by atoms with Crippen molar-refractivity contribution in [2.75, 3.05) is 30.7 Å². The summed E-state index contributed by atoms with van der Waals surface area (Å²) in [5.74, 6) is -1.38. The molecule has 1 aliphatic rings. The number of urea groups is 1. The number of amides is 7. The van der Waals surface area contributed by atoms with E-state index in [0.717, 1.165) is 5.56 Å². The monoisotopic (exact) mass is 717 g/mol. The van der Waals surface area contributed by atoms with Gasteiger partial charge in [0, 0.05) is 55.8 Å². The number of hydrogen-bond acceptors (Lipinski definition) is 9. The van der Waals surface area contributed by atoms with E-state index in [4.69, 9.17) is 11.5 Å². The molecule has 1 aromatic carbocycles. The molecule has 1 unspecified atom stereocenters. The van der Waals surface area contributed by atoms with Crippen LogP contribution in [0.1, 0.15) is 85.1 Å². The van der Waals surface area contributed by atoms with Crippen LogP contribution in [0.25, 0.3) is 0 Å². The number of carbonyl (C=O) groups excluding carboxylic acids is 7. The van der Waals surface area contributed by atoms with Gasteiger partial charge in [0.25, 0.3) is 0 Å². The quantitative estimate of drug-likeness (QED) is 0.0809. The van der Waals surface area contributed by atoms with Crippen LogP contribution in [0.5, 0.6) is 0 Å². The molecule has 3 atom stereocenters. The second-order valence-electron chi connectivity index (χ2n) is 13.8. The first-order chi connectivity index (χ1) is 23.5. The summed E-state index contributed by atoms with van der Waals surface area (Å²) in [5.41, 5.74) is 11.7. The SMILES string of the molecule is CC(C)[C@H](NC(=O)CCCCN1C(=O)CC(SCCN)C1=O)C(=O)N[C@@H](CCCNC(N)=O)C(=O)Nc1ccc(CCC(=O)C(C)(C)C)cc1. The fourth-order valence-electron chi connectivity index (χ4n) is 5.23. The van der Waals surface area contributed by atoms with Crippen LogP contribution in [0.2, 0.25) is 0 Å². The number of nitrogens with one attached hydrogen (secondary N) is 4. The first-order valence-electron chi connectivity index (χ1n) is 17.3. The molecule has 2 rings (SSSR count). The van der Waals surface area contributed by atoms with Gasteiger partial charge < -0.3 is 32.7 Å². The van der Waals surface area contributed by atoms with Gasteiger partial charge >= 0.3 is 6.03 Å². The molecule has 14 nitrogen and oxygen atoms in total. The molecule has 0 aliphatic carbocycles. The summed E-state index contributed by atoms with van der Waals surface area (Å²) in [5, 5.41) is 10.4. The normalized spacial score (nSPS) is 15.8. The number of imide groups is 1. The van der Waals surface area contributed by atoms with Crippen LogP contribution in [0.3, 0.4) is 0 Å². The van der Waals surface area contributed by atoms with Crippen molar-refractivity contribution in [1.82, 2.24) is 20.9 Å². The van der Waals surface area contributed by atoms with Crippen LogP contribution in [0.15, 0.2) is 24.3 Å². The van der Waals surface area contributed by atoms with Crippen LogP contribution in [-0.2, 0) is 35.2 Å². The van der Waals surface area contributed by atoms with Crippen molar-refractivity contribution < 1.29 is 33.6 Å². The molecular formula is C35H55N7O7S. The summed E-state index contributed by atoms with van der Waals surface area (Å²) in [6, 6.07) is 4.51. The van der Waals surface area contributed by atoms with Gasteiger partial charge in [0.2, 0.25) is 29.5 Å². The number of unbranched alkanes of at least 4 members (excludes halogenated alkanes) is 1. The summed E-state index contributed by atoms with van der Waals surface area (Å²) in [7, 11) is 0. The average molecular weight is 718 g/mol. The highest BCUT2D eigenvalue weighted by Gasteiger charge is 2.38. The third-order valence-corrected chi connectivity index (χ3v) is 9.48. The number of Topliss-reactive ketones (excluding diaryl/α,β-unsaturated/α-hetero) is 1. The Morgan fingerprint density at radius 3 is 2.24 bits per heavy atom. The zero-order valence-electron chi connectivity index (χ0n) is 30.0. The number of anilines is 1. The predicted octanol–water partition coefficient (Wildman–Crippen LogP) is 2.24. The Balaban J connectivity index is 1.97. The van der Waals surface area contributed by atoms with Gasteiger partial charge in [0.15, 0.2) is 0 Å². The van der Waals surface area contributed by atoms with Crippen molar-refractivity contribution in [2.45, 2.75) is 103 Å². The molecule has 15 heteroatoms. The van der Waals surface area contributed by atoms with Gasteiger partial charge in [-0.05, 0) is 55.7 Å². The third kappa shape index (κ3) is 14.5. The Bertz CT molecular complexity index is 1350. The molecule has 1 aromatic rings. The minimum atomic E-state index is -0.984. The summed E-state index contributed by atoms with van der Waals surface area (Å²) in [6.07, 6.45) is 2.59. The summed E-state index contributed by atoms with van der Waals surface area (Å²) < 4.78 is 0. The minimum absolute atomic E-state index is 0.0845.